The van der Waals surface area contributed by atoms with Crippen LogP contribution in [0, 0.1) is 6.92 Å². The van der Waals surface area contributed by atoms with Crippen molar-refractivity contribution >= 4 is 44.9 Å². The van der Waals surface area contributed by atoms with Crippen molar-refractivity contribution in [3.63, 3.8) is 0 Å². The highest BCUT2D eigenvalue weighted by Crippen LogP contribution is 2.37. The molecule has 8 nitrogen and oxygen atoms in total. The van der Waals surface area contributed by atoms with Gasteiger partial charge in [-0.25, -0.2) is 5.48 Å². The number of hydrogen-bond donors (Lipinski definition) is 3. The fourth-order valence-corrected chi connectivity index (χ4v) is 3.63. The van der Waals surface area contributed by atoms with Gasteiger partial charge in [0.25, 0.3) is 0 Å². The molecular formula is C29H24N6O2. The molecule has 5 aromatic carbocycles. The molecule has 0 fully saturated rings. The maximum absolute atomic E-state index is 10.8. The molecular weight excluding hydrogens is 464 g/mol. The van der Waals surface area contributed by atoms with Crippen molar-refractivity contribution in [3.8, 4) is 11.5 Å². The lowest BCUT2D eigenvalue weighted by atomic mass is 10.1. The van der Waals surface area contributed by atoms with Gasteiger partial charge in [0.1, 0.15) is 5.69 Å². The van der Waals surface area contributed by atoms with Gasteiger partial charge in [-0.15, -0.1) is 5.11 Å². The van der Waals surface area contributed by atoms with Crippen LogP contribution in [0.1, 0.15) is 5.56 Å². The standard InChI is InChI=1S/C29H24N6O2/c1-19-17-23(11-16-27(19)33-31-22-5-3-2-4-6-22)32-34-28-15-7-20-18-24(10-14-26(20)29(28)36)35-37-25-12-8-21(30)9-13-25/h2-18,35-36H,30H2,1H3. The summed E-state index contributed by atoms with van der Waals surface area (Å²) in [7, 11) is 0. The number of azo groups is 2. The minimum atomic E-state index is 0.0530. The zero-order chi connectivity index (χ0) is 25.6. The Balaban J connectivity index is 1.29. The fraction of sp³-hybridized carbons (Fsp3) is 0.0345. The summed E-state index contributed by atoms with van der Waals surface area (Å²) in [6.45, 7) is 1.94. The van der Waals surface area contributed by atoms with Crippen LogP contribution in [0.2, 0.25) is 0 Å². The average molecular weight is 489 g/mol. The van der Waals surface area contributed by atoms with Crippen molar-refractivity contribution in [1.29, 1.82) is 0 Å². The van der Waals surface area contributed by atoms with Gasteiger partial charge < -0.3 is 15.7 Å². The van der Waals surface area contributed by atoms with Gasteiger partial charge >= 0.3 is 0 Å². The summed E-state index contributed by atoms with van der Waals surface area (Å²) in [6, 6.07) is 31.2. The van der Waals surface area contributed by atoms with Crippen molar-refractivity contribution in [2.75, 3.05) is 11.2 Å². The quantitative estimate of drug-likeness (QED) is 0.121. The Morgan fingerprint density at radius 3 is 2.22 bits per heavy atom. The first kappa shape index (κ1) is 23.5. The molecule has 0 aliphatic carbocycles. The monoisotopic (exact) mass is 488 g/mol. The summed E-state index contributed by atoms with van der Waals surface area (Å²) in [6.07, 6.45) is 0. The molecule has 0 atom stereocenters. The number of aryl methyl sites for hydroxylation is 1. The maximum atomic E-state index is 10.8. The van der Waals surface area contributed by atoms with E-state index in [0.29, 0.717) is 28.2 Å². The number of rotatable bonds is 7. The van der Waals surface area contributed by atoms with Gasteiger partial charge in [0, 0.05) is 11.1 Å². The molecule has 0 saturated heterocycles. The summed E-state index contributed by atoms with van der Waals surface area (Å²) in [4.78, 5) is 5.58. The van der Waals surface area contributed by atoms with Gasteiger partial charge in [-0.3, -0.25) is 0 Å². The number of hydrogen-bond acceptors (Lipinski definition) is 8. The van der Waals surface area contributed by atoms with E-state index in [-0.39, 0.29) is 5.75 Å². The number of benzene rings is 5. The van der Waals surface area contributed by atoms with Crippen LogP contribution in [0.3, 0.4) is 0 Å². The first-order valence-corrected chi connectivity index (χ1v) is 11.6. The van der Waals surface area contributed by atoms with Crippen molar-refractivity contribution in [1.82, 2.24) is 0 Å². The Hall–Kier alpha value is -5.24. The van der Waals surface area contributed by atoms with Crippen molar-refractivity contribution < 1.29 is 9.94 Å². The fourth-order valence-electron chi connectivity index (χ4n) is 3.63. The van der Waals surface area contributed by atoms with Crippen molar-refractivity contribution in [2.24, 2.45) is 20.5 Å². The van der Waals surface area contributed by atoms with Crippen molar-refractivity contribution in [2.45, 2.75) is 6.92 Å². The second-order valence-electron chi connectivity index (χ2n) is 8.35. The lowest BCUT2D eigenvalue weighted by Crippen LogP contribution is -2.04. The molecule has 37 heavy (non-hydrogen) atoms. The summed E-state index contributed by atoms with van der Waals surface area (Å²) >= 11 is 0. The van der Waals surface area contributed by atoms with Crippen molar-refractivity contribution in [3.05, 3.63) is 109 Å². The van der Waals surface area contributed by atoms with E-state index in [2.05, 4.69) is 25.9 Å². The minimum absolute atomic E-state index is 0.0530. The molecule has 0 amide bonds. The smallest absolute Gasteiger partial charge is 0.155 e. The number of nitrogens with one attached hydrogen (secondary N) is 1. The molecule has 5 aromatic rings. The maximum Gasteiger partial charge on any atom is 0.155 e. The Labute approximate surface area is 213 Å². The van der Waals surface area contributed by atoms with Crippen LogP contribution in [-0.4, -0.2) is 5.11 Å². The second-order valence-corrected chi connectivity index (χ2v) is 8.35. The lowest BCUT2D eigenvalue weighted by Gasteiger charge is -2.10. The van der Waals surface area contributed by atoms with Crippen LogP contribution in [0.5, 0.6) is 11.5 Å². The van der Waals surface area contributed by atoms with Crippen LogP contribution in [0.25, 0.3) is 10.8 Å². The average Bonchev–Trinajstić information content (AvgIpc) is 2.92. The Kier molecular flexibility index (Phi) is 6.72. The molecule has 8 heteroatoms. The van der Waals surface area contributed by atoms with E-state index < -0.39 is 0 Å². The number of fused-ring (bicyclic) bond motifs is 1. The van der Waals surface area contributed by atoms with Gasteiger partial charge in [-0.1, -0.05) is 24.3 Å². The first-order valence-electron chi connectivity index (χ1n) is 11.6. The van der Waals surface area contributed by atoms with Crippen LogP contribution in [0.4, 0.5) is 34.1 Å². The number of nitrogens with two attached hydrogens (primary N) is 1. The van der Waals surface area contributed by atoms with Crippen LogP contribution in [0.15, 0.2) is 124 Å². The molecule has 0 unspecified atom stereocenters. The summed E-state index contributed by atoms with van der Waals surface area (Å²) in [5, 5.41) is 29.4. The van der Waals surface area contributed by atoms with Gasteiger partial charge in [0.05, 0.1) is 22.7 Å². The van der Waals surface area contributed by atoms with E-state index in [1.165, 1.54) is 0 Å². The number of phenolic OH excluding ortho intramolecular Hbond substituents is 1. The lowest BCUT2D eigenvalue weighted by molar-refractivity contribution is 0.405. The van der Waals surface area contributed by atoms with E-state index in [9.17, 15) is 5.11 Å². The number of phenols is 1. The van der Waals surface area contributed by atoms with Crippen LogP contribution < -0.4 is 16.1 Å². The Bertz CT molecular complexity index is 1600. The summed E-state index contributed by atoms with van der Waals surface area (Å²) in [5.74, 6) is 0.688. The highest BCUT2D eigenvalue weighted by atomic mass is 16.6. The Morgan fingerprint density at radius 1 is 0.703 bits per heavy atom. The number of nitrogen functional groups attached to an aromatic ring is 1. The topological polar surface area (TPSA) is 117 Å². The molecule has 0 heterocycles. The predicted octanol–water partition coefficient (Wildman–Crippen LogP) is 8.67. The van der Waals surface area contributed by atoms with E-state index in [4.69, 9.17) is 10.6 Å². The zero-order valence-electron chi connectivity index (χ0n) is 20.0. The normalized spacial score (nSPS) is 11.4. The zero-order valence-corrected chi connectivity index (χ0v) is 20.0. The first-order chi connectivity index (χ1) is 18.0. The summed E-state index contributed by atoms with van der Waals surface area (Å²) in [5.41, 5.74) is 13.5. The third-order valence-corrected chi connectivity index (χ3v) is 5.62. The molecule has 0 radical (unpaired) electrons. The molecule has 0 bridgehead atoms. The summed E-state index contributed by atoms with van der Waals surface area (Å²) < 4.78 is 0. The highest BCUT2D eigenvalue weighted by Gasteiger charge is 2.08. The molecule has 0 aromatic heterocycles. The third kappa shape index (κ3) is 5.71. The second kappa shape index (κ2) is 10.6. The van der Waals surface area contributed by atoms with E-state index in [1.807, 2.05) is 73.7 Å². The van der Waals surface area contributed by atoms with E-state index in [0.717, 1.165) is 28.0 Å². The molecule has 5 rings (SSSR count). The number of anilines is 2. The van der Waals surface area contributed by atoms with E-state index in [1.54, 1.807) is 36.4 Å². The largest absolute Gasteiger partial charge is 0.505 e. The minimum Gasteiger partial charge on any atom is -0.505 e. The number of nitrogens with zero attached hydrogens (tertiary/aromatic N) is 4. The van der Waals surface area contributed by atoms with Gasteiger partial charge in [0.15, 0.2) is 11.5 Å². The SMILES string of the molecule is Cc1cc(N=Nc2ccc3cc(NOc4ccc(N)cc4)ccc3c2O)ccc1N=Nc1ccccc1. The van der Waals surface area contributed by atoms with Crippen LogP contribution in [-0.2, 0) is 0 Å². The van der Waals surface area contributed by atoms with Gasteiger partial charge in [-0.05, 0) is 96.7 Å². The van der Waals surface area contributed by atoms with Gasteiger partial charge in [0.2, 0.25) is 0 Å². The highest BCUT2D eigenvalue weighted by molar-refractivity contribution is 5.94. The van der Waals surface area contributed by atoms with Crippen LogP contribution >= 0.6 is 0 Å². The molecule has 182 valence electrons. The Morgan fingerprint density at radius 2 is 1.43 bits per heavy atom. The third-order valence-electron chi connectivity index (χ3n) is 5.62. The predicted molar refractivity (Wildman–Crippen MR) is 147 cm³/mol. The number of aromatic hydroxyl groups is 1. The molecule has 0 spiro atoms. The molecule has 0 aliphatic rings. The molecule has 4 N–H and O–H groups in total. The van der Waals surface area contributed by atoms with E-state index >= 15 is 0 Å². The van der Waals surface area contributed by atoms with Gasteiger partial charge in [-0.2, -0.15) is 15.3 Å². The molecule has 0 saturated carbocycles. The molecule has 0 aliphatic heterocycles.